The lowest BCUT2D eigenvalue weighted by Crippen LogP contribution is -2.87. The van der Waals surface area contributed by atoms with Gasteiger partial charge < -0.3 is 24.5 Å². The van der Waals surface area contributed by atoms with Crippen LogP contribution in [0.15, 0.2) is 41.0 Å². The summed E-state index contributed by atoms with van der Waals surface area (Å²) in [5.74, 6) is 1.50. The summed E-state index contributed by atoms with van der Waals surface area (Å²) in [4.78, 5) is 24.0. The molecule has 0 aliphatic heterocycles. The minimum atomic E-state index is -0.606. The number of imide groups is 1. The molecule has 27 heavy (non-hydrogen) atoms. The zero-order valence-corrected chi connectivity index (χ0v) is 15.8. The molecule has 0 unspecified atom stereocenters. The molecule has 0 saturated carbocycles. The van der Waals surface area contributed by atoms with Gasteiger partial charge in [0, 0.05) is 11.8 Å². The highest BCUT2D eigenvalue weighted by Crippen LogP contribution is 2.30. The molecule has 2 rings (SSSR count). The first-order valence-electron chi connectivity index (χ1n) is 8.90. The zero-order chi connectivity index (χ0) is 19.6. The lowest BCUT2D eigenvalue weighted by Gasteiger charge is -2.13. The average Bonchev–Trinajstić information content (AvgIpc) is 3.17. The number of hydrogen-bond donors (Lipinski definition) is 3. The highest BCUT2D eigenvalue weighted by molar-refractivity contribution is 6.01. The van der Waals surface area contributed by atoms with Crippen molar-refractivity contribution in [1.29, 1.82) is 0 Å². The van der Waals surface area contributed by atoms with Gasteiger partial charge >= 0.3 is 6.03 Å². The Morgan fingerprint density at radius 3 is 2.56 bits per heavy atom. The van der Waals surface area contributed by atoms with Gasteiger partial charge in [0.15, 0.2) is 23.8 Å². The van der Waals surface area contributed by atoms with Crippen LogP contribution in [0.3, 0.4) is 0 Å². The third-order valence-electron chi connectivity index (χ3n) is 3.70. The van der Waals surface area contributed by atoms with Gasteiger partial charge in [-0.25, -0.2) is 4.79 Å². The molecule has 1 aromatic heterocycles. The standard InChI is InChI=1S/C19H25N3O5/c1-4-25-16-9-8-14(11-17(16)26-5-2)21-19(24)22-18(23)12-20-13(3)15-7-6-10-27-15/h6-11,13,20H,4-5,12H2,1-3H3,(H2,21,22,23,24)/p+1/t13-/m0/s1. The molecule has 4 N–H and O–H groups in total. The van der Waals surface area contributed by atoms with Crippen molar-refractivity contribution in [3.63, 3.8) is 0 Å². The molecule has 1 aromatic carbocycles. The molecule has 8 nitrogen and oxygen atoms in total. The Balaban J connectivity index is 1.85. The number of anilines is 1. The molecule has 0 bridgehead atoms. The summed E-state index contributed by atoms with van der Waals surface area (Å²) in [6.07, 6.45) is 1.58. The summed E-state index contributed by atoms with van der Waals surface area (Å²) < 4.78 is 16.3. The molecule has 0 fully saturated rings. The third-order valence-corrected chi connectivity index (χ3v) is 3.70. The molecular formula is C19H26N3O5+. The number of carbonyl (C=O) groups excluding carboxylic acids is 2. The molecule has 0 radical (unpaired) electrons. The molecule has 3 amide bonds. The number of nitrogens with two attached hydrogens (primary N) is 1. The van der Waals surface area contributed by atoms with E-state index in [4.69, 9.17) is 13.9 Å². The number of furan rings is 1. The monoisotopic (exact) mass is 376 g/mol. The fraction of sp³-hybridized carbons (Fsp3) is 0.368. The molecular weight excluding hydrogens is 350 g/mol. The van der Waals surface area contributed by atoms with Crippen LogP contribution in [-0.2, 0) is 4.79 Å². The number of rotatable bonds is 9. The van der Waals surface area contributed by atoms with E-state index in [1.807, 2.05) is 26.8 Å². The van der Waals surface area contributed by atoms with Crippen molar-refractivity contribution in [3.05, 3.63) is 42.4 Å². The topological polar surface area (TPSA) is 106 Å². The summed E-state index contributed by atoms with van der Waals surface area (Å²) in [6, 6.07) is 8.06. The van der Waals surface area contributed by atoms with Gasteiger partial charge in [0.1, 0.15) is 6.04 Å². The van der Waals surface area contributed by atoms with E-state index < -0.39 is 11.9 Å². The average molecular weight is 376 g/mol. The Morgan fingerprint density at radius 1 is 1.15 bits per heavy atom. The summed E-state index contributed by atoms with van der Waals surface area (Å²) >= 11 is 0. The fourth-order valence-electron chi connectivity index (χ4n) is 2.42. The normalized spacial score (nSPS) is 11.5. The van der Waals surface area contributed by atoms with E-state index in [-0.39, 0.29) is 12.6 Å². The van der Waals surface area contributed by atoms with Crippen LogP contribution >= 0.6 is 0 Å². The van der Waals surface area contributed by atoms with Crippen molar-refractivity contribution >= 4 is 17.6 Å². The fourth-order valence-corrected chi connectivity index (χ4v) is 2.42. The van der Waals surface area contributed by atoms with E-state index >= 15 is 0 Å². The molecule has 146 valence electrons. The molecule has 1 atom stereocenters. The van der Waals surface area contributed by atoms with Gasteiger partial charge in [-0.3, -0.25) is 10.1 Å². The number of benzene rings is 1. The second-order valence-corrected chi connectivity index (χ2v) is 5.77. The highest BCUT2D eigenvalue weighted by Gasteiger charge is 2.16. The van der Waals surface area contributed by atoms with Crippen molar-refractivity contribution in [2.45, 2.75) is 26.8 Å². The summed E-state index contributed by atoms with van der Waals surface area (Å²) in [6.45, 7) is 6.74. The van der Waals surface area contributed by atoms with Crippen LogP contribution < -0.4 is 25.4 Å². The van der Waals surface area contributed by atoms with Gasteiger partial charge in [-0.15, -0.1) is 0 Å². The molecule has 0 saturated heterocycles. The van der Waals surface area contributed by atoms with E-state index in [9.17, 15) is 9.59 Å². The molecule has 0 aliphatic carbocycles. The predicted molar refractivity (Wildman–Crippen MR) is 99.9 cm³/mol. The zero-order valence-electron chi connectivity index (χ0n) is 15.8. The highest BCUT2D eigenvalue weighted by atomic mass is 16.5. The van der Waals surface area contributed by atoms with Crippen LogP contribution in [0.25, 0.3) is 0 Å². The Morgan fingerprint density at radius 2 is 1.89 bits per heavy atom. The third kappa shape index (κ3) is 6.34. The molecule has 1 heterocycles. The molecule has 2 aromatic rings. The predicted octanol–water partition coefficient (Wildman–Crippen LogP) is 2.05. The van der Waals surface area contributed by atoms with Gasteiger partial charge in [0.25, 0.3) is 5.91 Å². The first-order chi connectivity index (χ1) is 13.0. The maximum atomic E-state index is 12.0. The Kier molecular flexibility index (Phi) is 7.69. The van der Waals surface area contributed by atoms with Crippen LogP contribution in [0.2, 0.25) is 0 Å². The first kappa shape index (κ1) is 20.3. The maximum absolute atomic E-state index is 12.0. The number of urea groups is 1. The quantitative estimate of drug-likeness (QED) is 0.621. The number of carbonyl (C=O) groups is 2. The minimum absolute atomic E-state index is 0.0197. The van der Waals surface area contributed by atoms with Gasteiger partial charge in [0.05, 0.1) is 19.5 Å². The second kappa shape index (κ2) is 10.2. The van der Waals surface area contributed by atoms with Crippen LogP contribution in [0.5, 0.6) is 11.5 Å². The maximum Gasteiger partial charge on any atom is 0.326 e. The number of nitrogens with one attached hydrogen (secondary N) is 2. The first-order valence-corrected chi connectivity index (χ1v) is 8.90. The van der Waals surface area contributed by atoms with Crippen molar-refractivity contribution in [2.75, 3.05) is 25.1 Å². The van der Waals surface area contributed by atoms with Crippen molar-refractivity contribution in [1.82, 2.24) is 5.32 Å². The Bertz CT molecular complexity index is 746. The summed E-state index contributed by atoms with van der Waals surface area (Å²) in [7, 11) is 0. The van der Waals surface area contributed by atoms with E-state index in [1.165, 1.54) is 0 Å². The molecule has 0 spiro atoms. The minimum Gasteiger partial charge on any atom is -0.490 e. The van der Waals surface area contributed by atoms with Gasteiger partial charge in [-0.2, -0.15) is 0 Å². The van der Waals surface area contributed by atoms with Crippen LogP contribution in [-0.4, -0.2) is 31.7 Å². The van der Waals surface area contributed by atoms with Crippen LogP contribution in [0.1, 0.15) is 32.6 Å². The van der Waals surface area contributed by atoms with Crippen molar-refractivity contribution in [3.8, 4) is 11.5 Å². The largest absolute Gasteiger partial charge is 0.490 e. The van der Waals surface area contributed by atoms with E-state index in [2.05, 4.69) is 10.6 Å². The number of ether oxygens (including phenoxy) is 2. The second-order valence-electron chi connectivity index (χ2n) is 5.77. The van der Waals surface area contributed by atoms with Gasteiger partial charge in [0.2, 0.25) is 0 Å². The van der Waals surface area contributed by atoms with E-state index in [0.717, 1.165) is 5.76 Å². The Labute approximate surface area is 158 Å². The van der Waals surface area contributed by atoms with Crippen LogP contribution in [0, 0.1) is 0 Å². The SMILES string of the molecule is CCOc1ccc(NC(=O)NC(=O)C[NH2+][C@@H](C)c2ccco2)cc1OCC. The van der Waals surface area contributed by atoms with Crippen molar-refractivity contribution < 1.29 is 28.8 Å². The van der Waals surface area contributed by atoms with Crippen molar-refractivity contribution in [2.24, 2.45) is 0 Å². The van der Waals surface area contributed by atoms with E-state index in [1.54, 1.807) is 35.8 Å². The van der Waals surface area contributed by atoms with Gasteiger partial charge in [-0.05, 0) is 45.0 Å². The molecule has 0 aliphatic rings. The lowest BCUT2D eigenvalue weighted by molar-refractivity contribution is -0.684. The molecule has 8 heteroatoms. The smallest absolute Gasteiger partial charge is 0.326 e. The number of amides is 3. The number of quaternary nitrogens is 1. The summed E-state index contributed by atoms with van der Waals surface area (Å²) in [5, 5.41) is 6.70. The lowest BCUT2D eigenvalue weighted by atomic mass is 10.2. The summed E-state index contributed by atoms with van der Waals surface area (Å²) in [5.41, 5.74) is 0.500. The van der Waals surface area contributed by atoms with E-state index in [0.29, 0.717) is 30.4 Å². The van der Waals surface area contributed by atoms with Gasteiger partial charge in [-0.1, -0.05) is 0 Å². The number of hydrogen-bond acceptors (Lipinski definition) is 5. The van der Waals surface area contributed by atoms with Crippen LogP contribution in [0.4, 0.5) is 10.5 Å². The Hall–Kier alpha value is -3.00.